The van der Waals surface area contributed by atoms with E-state index in [4.69, 9.17) is 0 Å². The largest absolute Gasteiger partial charge is 0.361 e. The van der Waals surface area contributed by atoms with Crippen LogP contribution < -0.4 is 14.9 Å². The third-order valence-electron chi connectivity index (χ3n) is 5.62. The molecule has 0 radical (unpaired) electrons. The van der Waals surface area contributed by atoms with E-state index in [1.54, 1.807) is 0 Å². The van der Waals surface area contributed by atoms with E-state index < -0.39 is 33.9 Å². The molecule has 2 atom stereocenters. The minimum atomic E-state index is -3.50. The Morgan fingerprint density at radius 3 is 2.72 bits per heavy atom. The second kappa shape index (κ2) is 7.89. The Morgan fingerprint density at radius 2 is 1.97 bits per heavy atom. The Balaban J connectivity index is 1.56. The molecular weight excluding hydrogens is 447 g/mol. The third-order valence-corrected chi connectivity index (χ3v) is 7.47. The van der Waals surface area contributed by atoms with Gasteiger partial charge in [0.1, 0.15) is 11.9 Å². The van der Waals surface area contributed by atoms with Gasteiger partial charge in [-0.2, -0.15) is 0 Å². The molecule has 170 valence electrons. The van der Waals surface area contributed by atoms with Gasteiger partial charge in [-0.05, 0) is 12.8 Å². The molecule has 0 aliphatic carbocycles. The number of fused-ring (bicyclic) bond motifs is 1. The molecule has 0 bridgehead atoms. The molecule has 2 aliphatic rings. The summed E-state index contributed by atoms with van der Waals surface area (Å²) in [6, 6.07) is -0.0192. The van der Waals surface area contributed by atoms with E-state index in [-0.39, 0.29) is 41.9 Å². The first-order valence-corrected chi connectivity index (χ1v) is 11.8. The van der Waals surface area contributed by atoms with E-state index in [1.165, 1.54) is 27.3 Å². The summed E-state index contributed by atoms with van der Waals surface area (Å²) in [6.45, 7) is 0.710. The molecule has 32 heavy (non-hydrogen) atoms. The molecule has 13 heteroatoms. The molecule has 5 heterocycles. The lowest BCUT2D eigenvalue weighted by molar-refractivity contribution is 0.341. The van der Waals surface area contributed by atoms with Gasteiger partial charge in [-0.1, -0.05) is 0 Å². The van der Waals surface area contributed by atoms with Crippen molar-refractivity contribution in [2.24, 2.45) is 0 Å². The van der Waals surface area contributed by atoms with Crippen molar-refractivity contribution in [3.05, 3.63) is 36.3 Å². The number of sulfonamides is 1. The zero-order chi connectivity index (χ0) is 22.5. The number of rotatable bonds is 4. The van der Waals surface area contributed by atoms with Crippen LogP contribution in [-0.4, -0.2) is 65.4 Å². The molecule has 5 rings (SSSR count). The van der Waals surface area contributed by atoms with Gasteiger partial charge in [-0.15, -0.1) is 0 Å². The van der Waals surface area contributed by atoms with Gasteiger partial charge in [0.15, 0.2) is 28.9 Å². The summed E-state index contributed by atoms with van der Waals surface area (Å²) in [5.74, 6) is -1.95. The highest BCUT2D eigenvalue weighted by molar-refractivity contribution is 7.92. The summed E-state index contributed by atoms with van der Waals surface area (Å²) in [6.07, 6.45) is 4.20. The van der Waals surface area contributed by atoms with Crippen LogP contribution in [0.3, 0.4) is 0 Å². The number of pyridine rings is 1. The molecule has 0 unspecified atom stereocenters. The second-order valence-corrected chi connectivity index (χ2v) is 9.80. The average molecular weight is 467 g/mol. The van der Waals surface area contributed by atoms with E-state index in [1.807, 2.05) is 0 Å². The van der Waals surface area contributed by atoms with Crippen LogP contribution in [0.15, 0.2) is 24.7 Å². The minimum absolute atomic E-state index is 0.0261. The van der Waals surface area contributed by atoms with Crippen molar-refractivity contribution in [2.45, 2.75) is 25.1 Å². The van der Waals surface area contributed by atoms with Gasteiger partial charge in [0.05, 0.1) is 36.1 Å². The fourth-order valence-corrected chi connectivity index (χ4v) is 5.52. The lowest BCUT2D eigenvalue weighted by atomic mass is 10.2. The van der Waals surface area contributed by atoms with Crippen LogP contribution in [0.2, 0.25) is 0 Å². The fraction of sp³-hybridized carbons (Fsp3) is 0.421. The number of imidazole rings is 1. The minimum Gasteiger partial charge on any atom is -0.361 e. The summed E-state index contributed by atoms with van der Waals surface area (Å²) >= 11 is 0. The first-order valence-electron chi connectivity index (χ1n) is 10.1. The molecule has 3 aromatic heterocycles. The first kappa shape index (κ1) is 20.9. The lowest BCUT2D eigenvalue weighted by Gasteiger charge is -2.27. The average Bonchev–Trinajstić information content (AvgIpc) is 3.35. The van der Waals surface area contributed by atoms with Crippen LogP contribution in [0, 0.1) is 11.6 Å². The van der Waals surface area contributed by atoms with E-state index in [2.05, 4.69) is 25.6 Å². The van der Waals surface area contributed by atoms with E-state index in [9.17, 15) is 21.6 Å². The van der Waals surface area contributed by atoms with Crippen molar-refractivity contribution in [1.82, 2.24) is 24.7 Å². The van der Waals surface area contributed by atoms with Gasteiger partial charge in [-0.3, -0.25) is 8.71 Å². The van der Waals surface area contributed by atoms with Crippen molar-refractivity contribution >= 4 is 27.3 Å². The summed E-state index contributed by atoms with van der Waals surface area (Å²) in [4.78, 5) is 12.4. The SMILES string of the molecule is O=S1(=O)CCCCN1c1cn2c(-c3nc(N[C@H]4CNC[C@@H]4F)c(F)cc3F)cnc2cn1. The summed E-state index contributed by atoms with van der Waals surface area (Å²) in [5.41, 5.74) is 0.309. The molecule has 2 saturated heterocycles. The number of halogens is 3. The van der Waals surface area contributed by atoms with E-state index in [0.717, 1.165) is 0 Å². The highest BCUT2D eigenvalue weighted by Crippen LogP contribution is 2.28. The Labute approximate surface area is 181 Å². The zero-order valence-corrected chi connectivity index (χ0v) is 17.6. The molecule has 2 N–H and O–H groups in total. The maximum absolute atomic E-state index is 14.7. The van der Waals surface area contributed by atoms with Gasteiger partial charge in [0.25, 0.3) is 0 Å². The maximum atomic E-state index is 14.7. The molecule has 0 amide bonds. The summed E-state index contributed by atoms with van der Waals surface area (Å²) in [5, 5.41) is 5.54. The summed E-state index contributed by atoms with van der Waals surface area (Å²) in [7, 11) is -3.50. The Hall–Kier alpha value is -2.93. The molecule has 2 aliphatic heterocycles. The number of alkyl halides is 1. The number of hydrogen-bond acceptors (Lipinski definition) is 7. The van der Waals surface area contributed by atoms with Gasteiger partial charge < -0.3 is 10.6 Å². The third kappa shape index (κ3) is 3.64. The quantitative estimate of drug-likeness (QED) is 0.602. The fourth-order valence-electron chi connectivity index (χ4n) is 3.94. The highest BCUT2D eigenvalue weighted by atomic mass is 32.2. The normalized spacial score (nSPS) is 23.0. The van der Waals surface area contributed by atoms with Gasteiger partial charge in [0.2, 0.25) is 10.0 Å². The van der Waals surface area contributed by atoms with Crippen LogP contribution in [0.1, 0.15) is 12.8 Å². The highest BCUT2D eigenvalue weighted by Gasteiger charge is 2.29. The smallest absolute Gasteiger partial charge is 0.236 e. The van der Waals surface area contributed by atoms with Crippen molar-refractivity contribution < 1.29 is 21.6 Å². The number of anilines is 2. The topological polar surface area (TPSA) is 105 Å². The van der Waals surface area contributed by atoms with Crippen LogP contribution in [-0.2, 0) is 10.0 Å². The number of nitrogens with zero attached hydrogens (tertiary/aromatic N) is 5. The van der Waals surface area contributed by atoms with Gasteiger partial charge >= 0.3 is 0 Å². The van der Waals surface area contributed by atoms with E-state index in [0.29, 0.717) is 31.1 Å². The summed E-state index contributed by atoms with van der Waals surface area (Å²) < 4.78 is 70.5. The van der Waals surface area contributed by atoms with Crippen LogP contribution >= 0.6 is 0 Å². The van der Waals surface area contributed by atoms with Crippen LogP contribution in [0.4, 0.5) is 24.8 Å². The second-order valence-electron chi connectivity index (χ2n) is 7.79. The molecule has 0 spiro atoms. The zero-order valence-electron chi connectivity index (χ0n) is 16.8. The Morgan fingerprint density at radius 1 is 1.12 bits per heavy atom. The predicted octanol–water partition coefficient (Wildman–Crippen LogP) is 1.72. The van der Waals surface area contributed by atoms with Crippen molar-refractivity contribution in [3.63, 3.8) is 0 Å². The molecule has 0 aromatic carbocycles. The predicted molar refractivity (Wildman–Crippen MR) is 112 cm³/mol. The molecule has 0 saturated carbocycles. The number of hydrogen-bond donors (Lipinski definition) is 2. The Kier molecular flexibility index (Phi) is 5.16. The lowest BCUT2D eigenvalue weighted by Crippen LogP contribution is -2.38. The maximum Gasteiger partial charge on any atom is 0.236 e. The first-order chi connectivity index (χ1) is 15.3. The van der Waals surface area contributed by atoms with Gasteiger partial charge in [0, 0.05) is 25.7 Å². The van der Waals surface area contributed by atoms with Crippen LogP contribution in [0.5, 0.6) is 0 Å². The monoisotopic (exact) mass is 467 g/mol. The molecule has 2 fully saturated rings. The van der Waals surface area contributed by atoms with Crippen molar-refractivity contribution in [1.29, 1.82) is 0 Å². The number of nitrogens with one attached hydrogen (secondary N) is 2. The molecule has 9 nitrogen and oxygen atoms in total. The molecular formula is C19H20F3N7O2S. The van der Waals surface area contributed by atoms with Crippen molar-refractivity contribution in [2.75, 3.05) is 35.0 Å². The molecule has 3 aromatic rings. The van der Waals surface area contributed by atoms with Crippen LogP contribution in [0.25, 0.3) is 17.0 Å². The van der Waals surface area contributed by atoms with E-state index >= 15 is 0 Å². The standard InChI is InChI=1S/C19H20F3N7O2S/c20-11-5-12(21)19(26-14-7-23-6-13(14)22)27-18(11)15-8-24-16-9-25-17(10-28(15)16)29-3-1-2-4-32(29,30)31/h5,8-10,13-14,23H,1-4,6-7H2,(H,26,27)/t13-,14-/m0/s1. The van der Waals surface area contributed by atoms with Crippen molar-refractivity contribution in [3.8, 4) is 11.4 Å². The Bertz CT molecular complexity index is 1280. The van der Waals surface area contributed by atoms with Gasteiger partial charge in [-0.25, -0.2) is 36.5 Å². The number of aromatic nitrogens is 4.